The highest BCUT2D eigenvalue weighted by atomic mass is 31.2. The summed E-state index contributed by atoms with van der Waals surface area (Å²) >= 11 is 0. The molecule has 94 heavy (non-hydrogen) atoms. The Balaban J connectivity index is 5.37. The number of rotatable bonds is 66. The van der Waals surface area contributed by atoms with Gasteiger partial charge in [-0.25, -0.2) is 9.13 Å². The van der Waals surface area contributed by atoms with Crippen molar-refractivity contribution in [2.75, 3.05) is 39.6 Å². The van der Waals surface area contributed by atoms with Crippen molar-refractivity contribution in [1.29, 1.82) is 0 Å². The Labute approximate surface area is 568 Å². The minimum absolute atomic E-state index is 0.0628. The molecule has 0 aliphatic rings. The van der Waals surface area contributed by atoms with Crippen molar-refractivity contribution in [3.05, 3.63) is 122 Å². The van der Waals surface area contributed by atoms with Crippen LogP contribution in [-0.2, 0) is 65.4 Å². The molecule has 0 bridgehead atoms. The number of carbonyl (C=O) groups is 4. The van der Waals surface area contributed by atoms with Crippen LogP contribution in [0.4, 0.5) is 0 Å². The van der Waals surface area contributed by atoms with E-state index in [4.69, 9.17) is 37.0 Å². The second kappa shape index (κ2) is 67.0. The summed E-state index contributed by atoms with van der Waals surface area (Å²) in [6.45, 7) is 4.40. The summed E-state index contributed by atoms with van der Waals surface area (Å²) in [4.78, 5) is 72.5. The van der Waals surface area contributed by atoms with Gasteiger partial charge in [0.1, 0.15) is 19.3 Å². The van der Waals surface area contributed by atoms with Crippen molar-refractivity contribution in [3.63, 3.8) is 0 Å². The van der Waals surface area contributed by atoms with E-state index in [1.807, 2.05) is 18.2 Å². The number of aliphatic hydroxyl groups excluding tert-OH is 1. The maximum absolute atomic E-state index is 13.0. The van der Waals surface area contributed by atoms with Gasteiger partial charge in [-0.2, -0.15) is 0 Å². The van der Waals surface area contributed by atoms with Crippen LogP contribution in [0.3, 0.4) is 0 Å². The van der Waals surface area contributed by atoms with E-state index in [-0.39, 0.29) is 25.7 Å². The molecule has 0 radical (unpaired) electrons. The lowest BCUT2D eigenvalue weighted by atomic mass is 10.1. The van der Waals surface area contributed by atoms with Gasteiger partial charge >= 0.3 is 39.5 Å². The van der Waals surface area contributed by atoms with E-state index in [2.05, 4.69) is 125 Å². The molecule has 19 heteroatoms. The van der Waals surface area contributed by atoms with Gasteiger partial charge < -0.3 is 33.8 Å². The SMILES string of the molecule is CC/C=C\C/C=C\C/C=C\C/C=C\C/C=C\CC(=O)OCC(COP(=O)(O)OCC(O)COP(=O)(O)OCC(COC(=O)CCCCCCCCC/C=C\C/C=C\C/C=C\CC)OC(=O)CCCCCCC/C=C\CCCC)OC(=O)CCCCCCC/C=C\CCCC. The number of hydrogen-bond acceptors (Lipinski definition) is 15. The first-order valence-corrected chi connectivity index (χ1v) is 38.8. The van der Waals surface area contributed by atoms with Crippen molar-refractivity contribution in [3.8, 4) is 0 Å². The summed E-state index contributed by atoms with van der Waals surface area (Å²) in [7, 11) is -9.97. The van der Waals surface area contributed by atoms with Gasteiger partial charge in [-0.1, -0.05) is 246 Å². The summed E-state index contributed by atoms with van der Waals surface area (Å²) in [5.74, 6) is -2.36. The molecular formula is C75H126O17P2. The zero-order valence-electron chi connectivity index (χ0n) is 58.3. The average Bonchev–Trinajstić information content (AvgIpc) is 1.24. The third kappa shape index (κ3) is 66.1. The van der Waals surface area contributed by atoms with Crippen LogP contribution in [0.15, 0.2) is 122 Å². The fourth-order valence-electron chi connectivity index (χ4n) is 8.97. The Morgan fingerprint density at radius 3 is 0.957 bits per heavy atom. The number of allylic oxidation sites excluding steroid dienone is 19. The van der Waals surface area contributed by atoms with Crippen LogP contribution in [0, 0.1) is 0 Å². The Morgan fingerprint density at radius 2 is 0.596 bits per heavy atom. The van der Waals surface area contributed by atoms with Crippen molar-refractivity contribution >= 4 is 39.5 Å². The highest BCUT2D eigenvalue weighted by Crippen LogP contribution is 2.45. The molecule has 538 valence electrons. The zero-order chi connectivity index (χ0) is 69.0. The van der Waals surface area contributed by atoms with Crippen molar-refractivity contribution in [2.24, 2.45) is 0 Å². The summed E-state index contributed by atoms with van der Waals surface area (Å²) in [5, 5.41) is 10.6. The third-order valence-electron chi connectivity index (χ3n) is 14.4. The molecule has 17 nitrogen and oxygen atoms in total. The second-order valence-electron chi connectivity index (χ2n) is 23.4. The van der Waals surface area contributed by atoms with E-state index in [9.17, 15) is 43.2 Å². The molecule has 0 heterocycles. The van der Waals surface area contributed by atoms with Crippen LogP contribution < -0.4 is 0 Å². The van der Waals surface area contributed by atoms with Gasteiger partial charge in [0.25, 0.3) is 0 Å². The maximum Gasteiger partial charge on any atom is 0.472 e. The zero-order valence-corrected chi connectivity index (χ0v) is 60.1. The Bertz CT molecular complexity index is 2270. The lowest BCUT2D eigenvalue weighted by Gasteiger charge is -2.21. The summed E-state index contributed by atoms with van der Waals surface area (Å²) in [6.07, 6.45) is 71.1. The van der Waals surface area contributed by atoms with Gasteiger partial charge in [0, 0.05) is 19.3 Å². The molecule has 0 fully saturated rings. The standard InChI is InChI=1S/C75H126O17P2/c1-5-9-13-17-21-25-29-31-33-34-36-38-42-44-48-52-56-60-73(78)86-66-71(92-75(80)62-58-54-50-46-40-28-24-20-16-12-8-4)68-90-94(83,84)88-64-69(76)63-87-93(81,82)89-67-70(91-74(79)61-57-53-49-45-39-27-23-19-15-11-7-3)65-85-72(77)59-55-51-47-43-41-37-35-32-30-26-22-18-14-10-6-2/h9-10,13-14,19-26,31-33,35,41,43,51,55,69-71,76H,5-8,11-12,15-18,27-30,34,36-40,42,44-50,52-54,56-68H2,1-4H3,(H,81,82)(H,83,84)/b13-9-,14-10-,23-19-,24-20-,25-21-,26-22-,33-31-,35-32-,43-41-,55-51-. The molecule has 0 saturated carbocycles. The number of esters is 4. The summed E-state index contributed by atoms with van der Waals surface area (Å²) in [5.41, 5.74) is 0. The topological polar surface area (TPSA) is 237 Å². The van der Waals surface area contributed by atoms with Gasteiger partial charge in [-0.15, -0.1) is 0 Å². The largest absolute Gasteiger partial charge is 0.472 e. The van der Waals surface area contributed by atoms with E-state index in [0.29, 0.717) is 25.7 Å². The molecule has 0 aliphatic heterocycles. The number of phosphoric acid groups is 2. The smallest absolute Gasteiger partial charge is 0.462 e. The monoisotopic (exact) mass is 1360 g/mol. The van der Waals surface area contributed by atoms with Crippen LogP contribution in [0.5, 0.6) is 0 Å². The number of aliphatic hydroxyl groups is 1. The van der Waals surface area contributed by atoms with Gasteiger partial charge in [0.2, 0.25) is 0 Å². The molecule has 0 aromatic rings. The first kappa shape index (κ1) is 89.5. The van der Waals surface area contributed by atoms with Crippen LogP contribution in [0.2, 0.25) is 0 Å². The van der Waals surface area contributed by atoms with Gasteiger partial charge in [0.15, 0.2) is 12.2 Å². The number of ether oxygens (including phenoxy) is 4. The maximum atomic E-state index is 13.0. The molecule has 0 aromatic carbocycles. The van der Waals surface area contributed by atoms with Crippen molar-refractivity contribution in [2.45, 2.75) is 290 Å². The van der Waals surface area contributed by atoms with Crippen molar-refractivity contribution in [1.82, 2.24) is 0 Å². The molecule has 3 N–H and O–H groups in total. The number of hydrogen-bond donors (Lipinski definition) is 3. The lowest BCUT2D eigenvalue weighted by molar-refractivity contribution is -0.161. The second-order valence-corrected chi connectivity index (χ2v) is 26.3. The van der Waals surface area contributed by atoms with Gasteiger partial charge in [-0.3, -0.25) is 37.3 Å². The Hall–Kier alpha value is -4.54. The van der Waals surface area contributed by atoms with Gasteiger partial charge in [0.05, 0.1) is 32.8 Å². The number of carbonyl (C=O) groups excluding carboxylic acids is 4. The third-order valence-corrected chi connectivity index (χ3v) is 16.3. The number of phosphoric ester groups is 2. The molecule has 0 aromatic heterocycles. The van der Waals surface area contributed by atoms with Gasteiger partial charge in [-0.05, 0) is 122 Å². The first-order chi connectivity index (χ1) is 45.7. The van der Waals surface area contributed by atoms with Crippen LogP contribution in [0.25, 0.3) is 0 Å². The molecule has 0 aliphatic carbocycles. The first-order valence-electron chi connectivity index (χ1n) is 35.8. The van der Waals surface area contributed by atoms with Crippen LogP contribution in [0.1, 0.15) is 272 Å². The van der Waals surface area contributed by atoms with E-state index in [1.165, 1.54) is 25.7 Å². The minimum Gasteiger partial charge on any atom is -0.462 e. The predicted molar refractivity (Wildman–Crippen MR) is 381 cm³/mol. The van der Waals surface area contributed by atoms with E-state index in [1.54, 1.807) is 6.08 Å². The van der Waals surface area contributed by atoms with E-state index >= 15 is 0 Å². The Kier molecular flexibility index (Phi) is 63.8. The molecule has 0 saturated heterocycles. The summed E-state index contributed by atoms with van der Waals surface area (Å²) < 4.78 is 68.1. The molecule has 5 atom stereocenters. The average molecular weight is 1360 g/mol. The molecular weight excluding hydrogens is 1230 g/mol. The molecule has 0 amide bonds. The normalized spacial score (nSPS) is 14.8. The van der Waals surface area contributed by atoms with Crippen LogP contribution >= 0.6 is 15.6 Å². The van der Waals surface area contributed by atoms with E-state index < -0.39 is 97.5 Å². The summed E-state index contributed by atoms with van der Waals surface area (Å²) in [6, 6.07) is 0. The molecule has 5 unspecified atom stereocenters. The van der Waals surface area contributed by atoms with Crippen molar-refractivity contribution < 1.29 is 80.2 Å². The van der Waals surface area contributed by atoms with Crippen LogP contribution in [-0.4, -0.2) is 96.7 Å². The Morgan fingerprint density at radius 1 is 0.319 bits per heavy atom. The molecule has 0 spiro atoms. The van der Waals surface area contributed by atoms with E-state index in [0.717, 1.165) is 167 Å². The lowest BCUT2D eigenvalue weighted by Crippen LogP contribution is -2.30. The minimum atomic E-state index is -4.99. The fraction of sp³-hybridized carbons (Fsp3) is 0.680. The fourth-order valence-corrected chi connectivity index (χ4v) is 10.6. The quantitative estimate of drug-likeness (QED) is 0.0169. The highest BCUT2D eigenvalue weighted by Gasteiger charge is 2.30. The molecule has 0 rings (SSSR count). The predicted octanol–water partition coefficient (Wildman–Crippen LogP) is 20.0. The highest BCUT2D eigenvalue weighted by molar-refractivity contribution is 7.47. The number of unbranched alkanes of at least 4 members (excludes halogenated alkanes) is 21.